The van der Waals surface area contributed by atoms with Gasteiger partial charge >= 0.3 is 0 Å². The number of aliphatic imine (C=N–C) groups is 1. The maximum Gasteiger partial charge on any atom is 0.191 e. The molecule has 0 radical (unpaired) electrons. The van der Waals surface area contributed by atoms with Gasteiger partial charge in [0.2, 0.25) is 0 Å². The van der Waals surface area contributed by atoms with Crippen molar-refractivity contribution in [3.63, 3.8) is 0 Å². The molecular weight excluding hydrogens is 433 g/mol. The van der Waals surface area contributed by atoms with Crippen LogP contribution in [0, 0.1) is 12.3 Å². The van der Waals surface area contributed by atoms with E-state index >= 15 is 0 Å². The van der Waals surface area contributed by atoms with Crippen LogP contribution in [0.3, 0.4) is 0 Å². The lowest BCUT2D eigenvalue weighted by Crippen LogP contribution is -2.37. The van der Waals surface area contributed by atoms with Gasteiger partial charge in [0.15, 0.2) is 17.5 Å². The van der Waals surface area contributed by atoms with Crippen LogP contribution in [0.1, 0.15) is 18.9 Å². The molecule has 0 amide bonds. The first-order chi connectivity index (χ1) is 11.7. The molecule has 0 saturated heterocycles. The van der Waals surface area contributed by atoms with Crippen molar-refractivity contribution >= 4 is 29.9 Å². The number of rotatable bonds is 10. The van der Waals surface area contributed by atoms with Crippen molar-refractivity contribution in [2.75, 3.05) is 40.5 Å². The van der Waals surface area contributed by atoms with E-state index < -0.39 is 0 Å². The summed E-state index contributed by atoms with van der Waals surface area (Å²) in [6.45, 7) is 5.10. The molecule has 0 heterocycles. The zero-order valence-electron chi connectivity index (χ0n) is 15.1. The van der Waals surface area contributed by atoms with E-state index in [2.05, 4.69) is 21.5 Å². The van der Waals surface area contributed by atoms with Crippen molar-refractivity contribution in [1.29, 1.82) is 0 Å². The summed E-state index contributed by atoms with van der Waals surface area (Å²) in [4.78, 5) is 4.20. The van der Waals surface area contributed by atoms with Gasteiger partial charge in [-0.2, -0.15) is 0 Å². The normalized spacial score (nSPS) is 10.4. The molecule has 1 aromatic carbocycles. The lowest BCUT2D eigenvalue weighted by Gasteiger charge is -2.14. The monoisotopic (exact) mass is 461 g/mol. The largest absolute Gasteiger partial charge is 0.493 e. The van der Waals surface area contributed by atoms with Gasteiger partial charge in [0.25, 0.3) is 0 Å². The number of nitrogens with zero attached hydrogens (tertiary/aromatic N) is 1. The van der Waals surface area contributed by atoms with Crippen LogP contribution in [0.15, 0.2) is 23.2 Å². The Hall–Kier alpha value is -1.66. The average molecular weight is 461 g/mol. The number of guanidine groups is 1. The van der Waals surface area contributed by atoms with Gasteiger partial charge in [0.1, 0.15) is 6.61 Å². The smallest absolute Gasteiger partial charge is 0.191 e. The number of hydrogen-bond donors (Lipinski definition) is 2. The van der Waals surface area contributed by atoms with E-state index in [0.29, 0.717) is 18.0 Å². The minimum atomic E-state index is 0. The zero-order valence-corrected chi connectivity index (χ0v) is 17.5. The fourth-order valence-corrected chi connectivity index (χ4v) is 2.00. The number of methoxy groups -OCH3 is 1. The number of terminal acetylenes is 1. The molecule has 0 bridgehead atoms. The van der Waals surface area contributed by atoms with Crippen LogP contribution in [0.25, 0.3) is 0 Å². The van der Waals surface area contributed by atoms with E-state index in [0.717, 1.165) is 37.7 Å². The van der Waals surface area contributed by atoms with Crippen LogP contribution in [-0.2, 0) is 11.3 Å². The van der Waals surface area contributed by atoms with Crippen molar-refractivity contribution in [2.45, 2.75) is 19.9 Å². The molecule has 1 aromatic rings. The number of benzene rings is 1. The number of halogens is 1. The topological polar surface area (TPSA) is 64.1 Å². The van der Waals surface area contributed by atoms with E-state index in [1.807, 2.05) is 25.1 Å². The summed E-state index contributed by atoms with van der Waals surface area (Å²) < 4.78 is 16.1. The van der Waals surface area contributed by atoms with E-state index in [9.17, 15) is 0 Å². The first kappa shape index (κ1) is 23.3. The van der Waals surface area contributed by atoms with Gasteiger partial charge in [0, 0.05) is 33.4 Å². The SMILES string of the molecule is C#CCOc1cc(CNC(=NC)NCCCOCC)ccc1OC.I. The molecule has 6 nitrogen and oxygen atoms in total. The Labute approximate surface area is 167 Å². The highest BCUT2D eigenvalue weighted by Gasteiger charge is 2.06. The third-order valence-electron chi connectivity index (χ3n) is 3.18. The molecule has 0 unspecified atom stereocenters. The van der Waals surface area contributed by atoms with Gasteiger partial charge in [-0.1, -0.05) is 12.0 Å². The van der Waals surface area contributed by atoms with Gasteiger partial charge in [0.05, 0.1) is 7.11 Å². The molecule has 0 aliphatic rings. The second kappa shape index (κ2) is 14.7. The minimum absolute atomic E-state index is 0. The highest BCUT2D eigenvalue weighted by Crippen LogP contribution is 2.27. The summed E-state index contributed by atoms with van der Waals surface area (Å²) in [7, 11) is 3.34. The summed E-state index contributed by atoms with van der Waals surface area (Å²) in [6.07, 6.45) is 6.17. The lowest BCUT2D eigenvalue weighted by atomic mass is 10.2. The Balaban J connectivity index is 0.00000576. The molecule has 0 fully saturated rings. The zero-order chi connectivity index (χ0) is 17.6. The highest BCUT2D eigenvalue weighted by molar-refractivity contribution is 14.0. The Morgan fingerprint density at radius 1 is 1.28 bits per heavy atom. The molecule has 0 aliphatic heterocycles. The maximum atomic E-state index is 5.50. The standard InChI is InChI=1S/C18H27N3O3.HI/c1-5-11-24-17-13-15(8-9-16(17)22-4)14-21-18(19-3)20-10-7-12-23-6-2;/h1,8-9,13H,6-7,10-12,14H2,2-4H3,(H2,19,20,21);1H. The van der Waals surface area contributed by atoms with Crippen LogP contribution in [0.4, 0.5) is 0 Å². The average Bonchev–Trinajstić information content (AvgIpc) is 2.62. The predicted octanol–water partition coefficient (Wildman–Crippen LogP) is 2.42. The molecule has 140 valence electrons. The van der Waals surface area contributed by atoms with Gasteiger partial charge < -0.3 is 24.8 Å². The molecule has 0 aromatic heterocycles. The van der Waals surface area contributed by atoms with Gasteiger partial charge in [-0.3, -0.25) is 4.99 Å². The number of nitrogens with one attached hydrogen (secondary N) is 2. The molecule has 25 heavy (non-hydrogen) atoms. The van der Waals surface area contributed by atoms with Gasteiger partial charge in [-0.05, 0) is 31.0 Å². The third kappa shape index (κ3) is 9.41. The summed E-state index contributed by atoms with van der Waals surface area (Å²) in [5.74, 6) is 4.49. The van der Waals surface area contributed by atoms with Crippen LogP contribution in [0.5, 0.6) is 11.5 Å². The summed E-state index contributed by atoms with van der Waals surface area (Å²) in [5, 5.41) is 6.51. The number of hydrogen-bond acceptors (Lipinski definition) is 4. The molecule has 7 heteroatoms. The fraction of sp³-hybridized carbons (Fsp3) is 0.500. The molecule has 0 spiro atoms. The Bertz CT molecular complexity index is 559. The molecule has 0 atom stereocenters. The summed E-state index contributed by atoms with van der Waals surface area (Å²) in [6, 6.07) is 5.74. The fourth-order valence-electron chi connectivity index (χ4n) is 2.00. The first-order valence-electron chi connectivity index (χ1n) is 8.00. The Kier molecular flexibility index (Phi) is 13.7. The number of ether oxygens (including phenoxy) is 3. The van der Waals surface area contributed by atoms with Crippen molar-refractivity contribution < 1.29 is 14.2 Å². The van der Waals surface area contributed by atoms with E-state index in [4.69, 9.17) is 20.6 Å². The van der Waals surface area contributed by atoms with Crippen LogP contribution in [-0.4, -0.2) is 46.5 Å². The minimum Gasteiger partial charge on any atom is -0.493 e. The van der Waals surface area contributed by atoms with Crippen LogP contribution in [0.2, 0.25) is 0 Å². The van der Waals surface area contributed by atoms with E-state index in [1.54, 1.807) is 14.2 Å². The lowest BCUT2D eigenvalue weighted by molar-refractivity contribution is 0.145. The third-order valence-corrected chi connectivity index (χ3v) is 3.18. The van der Waals surface area contributed by atoms with Gasteiger partial charge in [-0.15, -0.1) is 30.4 Å². The van der Waals surface area contributed by atoms with Crippen molar-refractivity contribution in [3.8, 4) is 23.8 Å². The predicted molar refractivity (Wildman–Crippen MR) is 112 cm³/mol. The Morgan fingerprint density at radius 3 is 2.72 bits per heavy atom. The summed E-state index contributed by atoms with van der Waals surface area (Å²) >= 11 is 0. The summed E-state index contributed by atoms with van der Waals surface area (Å²) in [5.41, 5.74) is 1.04. The molecule has 1 rings (SSSR count). The highest BCUT2D eigenvalue weighted by atomic mass is 127. The maximum absolute atomic E-state index is 5.50. The molecule has 0 aliphatic carbocycles. The second-order valence-electron chi connectivity index (χ2n) is 4.88. The quantitative estimate of drug-likeness (QED) is 0.184. The van der Waals surface area contributed by atoms with Gasteiger partial charge in [-0.25, -0.2) is 0 Å². The molecule has 0 saturated carbocycles. The van der Waals surface area contributed by atoms with Crippen LogP contribution < -0.4 is 20.1 Å². The molecule has 2 N–H and O–H groups in total. The molecular formula is C18H28IN3O3. The van der Waals surface area contributed by atoms with Crippen LogP contribution >= 0.6 is 24.0 Å². The van der Waals surface area contributed by atoms with Crippen molar-refractivity contribution in [2.24, 2.45) is 4.99 Å². The Morgan fingerprint density at radius 2 is 2.08 bits per heavy atom. The van der Waals surface area contributed by atoms with Crippen molar-refractivity contribution in [3.05, 3.63) is 23.8 Å². The van der Waals surface area contributed by atoms with Crippen molar-refractivity contribution in [1.82, 2.24) is 10.6 Å². The van der Waals surface area contributed by atoms with E-state index in [1.165, 1.54) is 0 Å². The first-order valence-corrected chi connectivity index (χ1v) is 8.00. The van der Waals surface area contributed by atoms with E-state index in [-0.39, 0.29) is 30.6 Å². The second-order valence-corrected chi connectivity index (χ2v) is 4.88.